The summed E-state index contributed by atoms with van der Waals surface area (Å²) in [6.07, 6.45) is -4.53. The van der Waals surface area contributed by atoms with Gasteiger partial charge in [-0.25, -0.2) is 10.4 Å². The van der Waals surface area contributed by atoms with Crippen LogP contribution < -0.4 is 16.1 Å². The fourth-order valence-electron chi connectivity index (χ4n) is 4.76. The summed E-state index contributed by atoms with van der Waals surface area (Å²) >= 11 is 0. The fourth-order valence-corrected chi connectivity index (χ4v) is 4.76. The number of halogens is 3. The van der Waals surface area contributed by atoms with Crippen molar-refractivity contribution in [2.75, 3.05) is 13.1 Å². The van der Waals surface area contributed by atoms with Crippen molar-refractivity contribution < 1.29 is 27.6 Å². The van der Waals surface area contributed by atoms with Gasteiger partial charge in [0.1, 0.15) is 17.8 Å². The van der Waals surface area contributed by atoms with Gasteiger partial charge >= 0.3 is 6.18 Å². The van der Waals surface area contributed by atoms with Crippen molar-refractivity contribution in [1.29, 1.82) is 0 Å². The molecule has 0 aromatic heterocycles. The van der Waals surface area contributed by atoms with Gasteiger partial charge in [-0.1, -0.05) is 30.3 Å². The number of hydrogen-bond donors (Lipinski definition) is 3. The van der Waals surface area contributed by atoms with Crippen LogP contribution in [0.5, 0.6) is 0 Å². The lowest BCUT2D eigenvalue weighted by Crippen LogP contribution is -2.57. The van der Waals surface area contributed by atoms with Crippen LogP contribution in [0.1, 0.15) is 38.2 Å². The third-order valence-electron chi connectivity index (χ3n) is 6.47. The number of amides is 3. The number of alkyl halides is 3. The molecular formula is C22H26F3N5O3. The molecule has 33 heavy (non-hydrogen) atoms. The van der Waals surface area contributed by atoms with Crippen LogP contribution in [0, 0.1) is 0 Å². The molecular weight excluding hydrogens is 439 g/mol. The molecule has 3 amide bonds. The van der Waals surface area contributed by atoms with Gasteiger partial charge in [0, 0.05) is 31.8 Å². The quantitative estimate of drug-likeness (QED) is 0.587. The van der Waals surface area contributed by atoms with E-state index in [0.717, 1.165) is 5.01 Å². The van der Waals surface area contributed by atoms with Crippen LogP contribution in [0.4, 0.5) is 13.2 Å². The van der Waals surface area contributed by atoms with Gasteiger partial charge in [0.15, 0.2) is 0 Å². The lowest BCUT2D eigenvalue weighted by Gasteiger charge is -2.36. The average molecular weight is 465 g/mol. The van der Waals surface area contributed by atoms with E-state index in [-0.39, 0.29) is 23.2 Å². The maximum absolute atomic E-state index is 13.9. The minimum absolute atomic E-state index is 0.0386. The van der Waals surface area contributed by atoms with E-state index in [1.54, 1.807) is 35.2 Å². The van der Waals surface area contributed by atoms with Crippen molar-refractivity contribution >= 4 is 17.7 Å². The number of carbonyl (C=O) groups excluding carboxylic acids is 3. The Balaban J connectivity index is 1.54. The normalized spacial score (nSPS) is 26.2. The van der Waals surface area contributed by atoms with Gasteiger partial charge in [-0.3, -0.25) is 14.4 Å². The first-order valence-electron chi connectivity index (χ1n) is 10.8. The predicted molar refractivity (Wildman–Crippen MR) is 112 cm³/mol. The van der Waals surface area contributed by atoms with E-state index in [0.29, 0.717) is 31.5 Å². The highest BCUT2D eigenvalue weighted by atomic mass is 19.4. The number of hydrogen-bond acceptors (Lipinski definition) is 5. The second-order valence-electron chi connectivity index (χ2n) is 8.60. The molecule has 1 aromatic carbocycles. The highest BCUT2D eigenvalue weighted by Gasteiger charge is 2.58. The SMILES string of the molecule is CC(=O)N1CCC(NC(=O)C2=C(C)NC3C(c4ccccc4)C(C(F)(F)F)NN3C2=O)CC1. The van der Waals surface area contributed by atoms with Gasteiger partial charge < -0.3 is 15.5 Å². The Kier molecular flexibility index (Phi) is 6.08. The molecule has 0 spiro atoms. The zero-order valence-electron chi connectivity index (χ0n) is 18.3. The molecule has 2 saturated heterocycles. The minimum Gasteiger partial charge on any atom is -0.366 e. The molecule has 178 valence electrons. The second kappa shape index (κ2) is 8.69. The second-order valence-corrected chi connectivity index (χ2v) is 8.60. The number of hydrazine groups is 1. The van der Waals surface area contributed by atoms with Crippen molar-refractivity contribution in [2.45, 2.75) is 57.0 Å². The molecule has 0 aliphatic carbocycles. The van der Waals surface area contributed by atoms with Crippen LogP contribution in [0.25, 0.3) is 0 Å². The van der Waals surface area contributed by atoms with Crippen LogP contribution in [0.2, 0.25) is 0 Å². The summed E-state index contributed by atoms with van der Waals surface area (Å²) in [5, 5.41) is 6.64. The van der Waals surface area contributed by atoms with Gasteiger partial charge in [-0.15, -0.1) is 0 Å². The number of rotatable bonds is 3. The van der Waals surface area contributed by atoms with Gasteiger partial charge in [-0.2, -0.15) is 13.2 Å². The molecule has 2 fully saturated rings. The molecule has 3 N–H and O–H groups in total. The number of fused-ring (bicyclic) bond motifs is 1. The monoisotopic (exact) mass is 465 g/mol. The molecule has 4 rings (SSSR count). The lowest BCUT2D eigenvalue weighted by atomic mass is 9.89. The topological polar surface area (TPSA) is 93.8 Å². The fraction of sp³-hybridized carbons (Fsp3) is 0.500. The molecule has 3 heterocycles. The number of allylic oxidation sites excluding steroid dienone is 1. The molecule has 11 heteroatoms. The van der Waals surface area contributed by atoms with Crippen molar-refractivity contribution in [1.82, 2.24) is 26.0 Å². The van der Waals surface area contributed by atoms with Gasteiger partial charge in [0.05, 0.1) is 5.92 Å². The zero-order chi connectivity index (χ0) is 23.9. The van der Waals surface area contributed by atoms with E-state index in [1.165, 1.54) is 13.8 Å². The Hall–Kier alpha value is -3.08. The molecule has 3 aliphatic rings. The number of carbonyl (C=O) groups is 3. The van der Waals surface area contributed by atoms with Crippen molar-refractivity contribution in [3.8, 4) is 0 Å². The third kappa shape index (κ3) is 4.41. The van der Waals surface area contributed by atoms with Crippen molar-refractivity contribution in [3.63, 3.8) is 0 Å². The first-order chi connectivity index (χ1) is 15.6. The molecule has 3 atom stereocenters. The standard InChI is InChI=1S/C22H26F3N5O3/c1-12-16(20(32)27-15-8-10-29(11-9-15)13(2)31)21(33)30-19(26-12)17(14-6-4-3-5-7-14)18(28-30)22(23,24)25/h3-7,15,17-19,26,28H,8-11H2,1-2H3,(H,27,32). The Labute approximate surface area is 189 Å². The zero-order valence-corrected chi connectivity index (χ0v) is 18.3. The summed E-state index contributed by atoms with van der Waals surface area (Å²) < 4.78 is 41.6. The van der Waals surface area contributed by atoms with Gasteiger partial charge in [0.25, 0.3) is 11.8 Å². The Morgan fingerprint density at radius 1 is 1.12 bits per heavy atom. The first-order valence-corrected chi connectivity index (χ1v) is 10.8. The van der Waals surface area contributed by atoms with E-state index in [2.05, 4.69) is 16.1 Å². The number of nitrogens with one attached hydrogen (secondary N) is 3. The van der Waals surface area contributed by atoms with Crippen molar-refractivity contribution in [3.05, 3.63) is 47.2 Å². The maximum Gasteiger partial charge on any atom is 0.406 e. The number of nitrogens with zero attached hydrogens (tertiary/aromatic N) is 2. The Morgan fingerprint density at radius 2 is 1.76 bits per heavy atom. The Bertz CT molecular complexity index is 973. The van der Waals surface area contributed by atoms with E-state index in [9.17, 15) is 27.6 Å². The van der Waals surface area contributed by atoms with Crippen LogP contribution in [-0.4, -0.2) is 65.1 Å². The van der Waals surface area contributed by atoms with Crippen LogP contribution in [0.3, 0.4) is 0 Å². The van der Waals surface area contributed by atoms with E-state index >= 15 is 0 Å². The molecule has 0 saturated carbocycles. The summed E-state index contributed by atoms with van der Waals surface area (Å²) in [6.45, 7) is 3.99. The van der Waals surface area contributed by atoms with Crippen LogP contribution in [-0.2, 0) is 14.4 Å². The third-order valence-corrected chi connectivity index (χ3v) is 6.47. The smallest absolute Gasteiger partial charge is 0.366 e. The largest absolute Gasteiger partial charge is 0.406 e. The minimum atomic E-state index is -4.61. The summed E-state index contributed by atoms with van der Waals surface area (Å²) in [5.74, 6) is -2.57. The van der Waals surface area contributed by atoms with Crippen LogP contribution >= 0.6 is 0 Å². The molecule has 0 bridgehead atoms. The molecule has 8 nitrogen and oxygen atoms in total. The summed E-state index contributed by atoms with van der Waals surface area (Å²) in [7, 11) is 0. The molecule has 1 aromatic rings. The highest BCUT2D eigenvalue weighted by Crippen LogP contribution is 2.41. The number of benzene rings is 1. The molecule has 0 radical (unpaired) electrons. The highest BCUT2D eigenvalue weighted by molar-refractivity contribution is 6.19. The van der Waals surface area contributed by atoms with Gasteiger partial charge in [-0.05, 0) is 25.3 Å². The Morgan fingerprint density at radius 3 is 2.33 bits per heavy atom. The summed E-state index contributed by atoms with van der Waals surface area (Å²) in [4.78, 5) is 39.3. The molecule has 3 unspecified atom stereocenters. The lowest BCUT2D eigenvalue weighted by molar-refractivity contribution is -0.161. The maximum atomic E-state index is 13.9. The molecule has 3 aliphatic heterocycles. The van der Waals surface area contributed by atoms with E-state index < -0.39 is 36.1 Å². The van der Waals surface area contributed by atoms with E-state index in [1.807, 2.05) is 0 Å². The predicted octanol–water partition coefficient (Wildman–Crippen LogP) is 1.38. The summed E-state index contributed by atoms with van der Waals surface area (Å²) in [5.41, 5.74) is 2.73. The van der Waals surface area contributed by atoms with Crippen molar-refractivity contribution in [2.24, 2.45) is 0 Å². The van der Waals surface area contributed by atoms with Gasteiger partial charge in [0.2, 0.25) is 5.91 Å². The van der Waals surface area contributed by atoms with E-state index in [4.69, 9.17) is 0 Å². The number of likely N-dealkylation sites (tertiary alicyclic amines) is 1. The van der Waals surface area contributed by atoms with Crippen LogP contribution in [0.15, 0.2) is 41.6 Å². The number of piperidine rings is 1. The first kappa shape index (κ1) is 23.1. The summed E-state index contributed by atoms with van der Waals surface area (Å²) in [6, 6.07) is 5.97. The average Bonchev–Trinajstić information content (AvgIpc) is 3.15.